The van der Waals surface area contributed by atoms with Crippen molar-refractivity contribution in [3.63, 3.8) is 0 Å². The van der Waals surface area contributed by atoms with E-state index >= 15 is 0 Å². The topological polar surface area (TPSA) is 87.7 Å². The Balaban J connectivity index is 2.71. The summed E-state index contributed by atoms with van der Waals surface area (Å²) < 4.78 is 12.8. The van der Waals surface area contributed by atoms with E-state index in [0.717, 1.165) is 12.1 Å². The fraction of sp³-hybridized carbons (Fsp3) is 0.273. The molecule has 1 unspecified atom stereocenters. The van der Waals surface area contributed by atoms with Gasteiger partial charge < -0.3 is 16.3 Å². The lowest BCUT2D eigenvalue weighted by Crippen LogP contribution is -2.35. The normalized spacial score (nSPS) is 13.2. The number of amidine groups is 1. The lowest BCUT2D eigenvalue weighted by atomic mass is 10.1. The Labute approximate surface area is 108 Å². The molecule has 98 valence electrons. The second kappa shape index (κ2) is 6.20. The van der Waals surface area contributed by atoms with Crippen molar-refractivity contribution in [1.29, 1.82) is 0 Å². The van der Waals surface area contributed by atoms with E-state index in [1.165, 1.54) is 6.07 Å². The molecule has 1 aromatic carbocycles. The Morgan fingerprint density at radius 1 is 1.67 bits per heavy atom. The van der Waals surface area contributed by atoms with Crippen LogP contribution in [0.4, 0.5) is 4.39 Å². The van der Waals surface area contributed by atoms with Crippen LogP contribution in [0.3, 0.4) is 0 Å². The predicted octanol–water partition coefficient (Wildman–Crippen LogP) is 1.73. The zero-order valence-corrected chi connectivity index (χ0v) is 10.4. The monoisotopic (exact) mass is 273 g/mol. The van der Waals surface area contributed by atoms with Crippen LogP contribution >= 0.6 is 11.6 Å². The molecule has 0 bridgehead atoms. The number of carbonyl (C=O) groups excluding carboxylic acids is 1. The second-order valence-electron chi connectivity index (χ2n) is 3.79. The van der Waals surface area contributed by atoms with Gasteiger partial charge in [-0.15, -0.1) is 0 Å². The molecule has 0 fully saturated rings. The molecule has 0 heterocycles. The molecule has 1 atom stereocenters. The Bertz CT molecular complexity index is 479. The van der Waals surface area contributed by atoms with Gasteiger partial charge in [-0.25, -0.2) is 4.39 Å². The van der Waals surface area contributed by atoms with Gasteiger partial charge in [-0.3, -0.25) is 4.79 Å². The molecule has 18 heavy (non-hydrogen) atoms. The Hall–Kier alpha value is -1.82. The minimum absolute atomic E-state index is 0.00741. The van der Waals surface area contributed by atoms with Crippen LogP contribution in [-0.2, 0) is 0 Å². The fourth-order valence-electron chi connectivity index (χ4n) is 1.38. The third-order valence-electron chi connectivity index (χ3n) is 2.20. The Morgan fingerprint density at radius 3 is 2.89 bits per heavy atom. The van der Waals surface area contributed by atoms with E-state index in [4.69, 9.17) is 22.5 Å². The SMILES string of the molecule is CC(CC(N)=NO)NC(=O)c1ccc(F)cc1Cl. The molecule has 7 heteroatoms. The molecule has 0 aromatic heterocycles. The van der Waals surface area contributed by atoms with E-state index < -0.39 is 11.7 Å². The van der Waals surface area contributed by atoms with Gasteiger partial charge >= 0.3 is 0 Å². The lowest BCUT2D eigenvalue weighted by Gasteiger charge is -2.13. The van der Waals surface area contributed by atoms with Crippen molar-refractivity contribution < 1.29 is 14.4 Å². The van der Waals surface area contributed by atoms with Crippen LogP contribution in [0.15, 0.2) is 23.4 Å². The van der Waals surface area contributed by atoms with E-state index in [9.17, 15) is 9.18 Å². The first kappa shape index (κ1) is 14.2. The third kappa shape index (κ3) is 3.89. The van der Waals surface area contributed by atoms with Crippen molar-refractivity contribution in [2.24, 2.45) is 10.9 Å². The van der Waals surface area contributed by atoms with Crippen molar-refractivity contribution in [3.8, 4) is 0 Å². The number of nitrogens with two attached hydrogens (primary N) is 1. The minimum atomic E-state index is -0.513. The van der Waals surface area contributed by atoms with E-state index in [2.05, 4.69) is 10.5 Å². The number of hydrogen-bond acceptors (Lipinski definition) is 3. The first-order chi connectivity index (χ1) is 8.43. The average molecular weight is 274 g/mol. The van der Waals surface area contributed by atoms with E-state index in [0.29, 0.717) is 0 Å². The Kier molecular flexibility index (Phi) is 4.91. The van der Waals surface area contributed by atoms with Crippen LogP contribution in [0.5, 0.6) is 0 Å². The lowest BCUT2D eigenvalue weighted by molar-refractivity contribution is 0.0941. The van der Waals surface area contributed by atoms with Gasteiger partial charge in [-0.1, -0.05) is 16.8 Å². The van der Waals surface area contributed by atoms with Gasteiger partial charge in [0, 0.05) is 12.5 Å². The first-order valence-electron chi connectivity index (χ1n) is 5.16. The summed E-state index contributed by atoms with van der Waals surface area (Å²) in [4.78, 5) is 11.8. The molecular formula is C11H13ClFN3O2. The number of hydrogen-bond donors (Lipinski definition) is 3. The zero-order valence-electron chi connectivity index (χ0n) is 9.65. The summed E-state index contributed by atoms with van der Waals surface area (Å²) in [7, 11) is 0. The molecule has 0 saturated heterocycles. The number of rotatable bonds is 4. The van der Waals surface area contributed by atoms with Gasteiger partial charge in [0.1, 0.15) is 11.7 Å². The maximum atomic E-state index is 12.8. The van der Waals surface area contributed by atoms with Crippen LogP contribution in [0.1, 0.15) is 23.7 Å². The number of oxime groups is 1. The average Bonchev–Trinajstić information content (AvgIpc) is 2.28. The molecule has 0 saturated carbocycles. The van der Waals surface area contributed by atoms with Gasteiger partial charge in [-0.05, 0) is 25.1 Å². The molecule has 4 N–H and O–H groups in total. The van der Waals surface area contributed by atoms with Crippen molar-refractivity contribution in [1.82, 2.24) is 5.32 Å². The van der Waals surface area contributed by atoms with Gasteiger partial charge in [0.15, 0.2) is 0 Å². The standard InChI is InChI=1S/C11H13ClFN3O2/c1-6(4-10(14)16-18)15-11(17)8-3-2-7(13)5-9(8)12/h2-3,5-6,18H,4H2,1H3,(H2,14,16)(H,15,17). The van der Waals surface area contributed by atoms with Crippen molar-refractivity contribution >= 4 is 23.3 Å². The molecule has 0 aliphatic rings. The molecule has 1 rings (SSSR count). The maximum absolute atomic E-state index is 12.8. The zero-order chi connectivity index (χ0) is 13.7. The summed E-state index contributed by atoms with van der Waals surface area (Å²) >= 11 is 5.75. The molecule has 0 aliphatic carbocycles. The summed E-state index contributed by atoms with van der Waals surface area (Å²) in [5.74, 6) is -0.951. The number of nitrogens with one attached hydrogen (secondary N) is 1. The quantitative estimate of drug-likeness (QED) is 0.338. The fourth-order valence-corrected chi connectivity index (χ4v) is 1.63. The highest BCUT2D eigenvalue weighted by molar-refractivity contribution is 6.33. The summed E-state index contributed by atoms with van der Waals surface area (Å²) in [6.07, 6.45) is 0.195. The molecule has 1 amide bonds. The van der Waals surface area contributed by atoms with Gasteiger partial charge in [-0.2, -0.15) is 0 Å². The molecule has 5 nitrogen and oxygen atoms in total. The number of halogens is 2. The summed E-state index contributed by atoms with van der Waals surface area (Å²) in [5.41, 5.74) is 5.48. The summed E-state index contributed by atoms with van der Waals surface area (Å²) in [6, 6.07) is 3.16. The summed E-state index contributed by atoms with van der Waals surface area (Å²) in [5, 5.41) is 13.8. The molecule has 0 radical (unpaired) electrons. The van der Waals surface area contributed by atoms with Crippen LogP contribution in [0, 0.1) is 5.82 Å². The highest BCUT2D eigenvalue weighted by atomic mass is 35.5. The van der Waals surface area contributed by atoms with E-state index in [1.54, 1.807) is 6.92 Å². The van der Waals surface area contributed by atoms with Gasteiger partial charge in [0.2, 0.25) is 0 Å². The van der Waals surface area contributed by atoms with Crippen LogP contribution < -0.4 is 11.1 Å². The number of benzene rings is 1. The van der Waals surface area contributed by atoms with Crippen molar-refractivity contribution in [2.75, 3.05) is 0 Å². The molecule has 0 spiro atoms. The highest BCUT2D eigenvalue weighted by Gasteiger charge is 2.14. The van der Waals surface area contributed by atoms with E-state index in [1.807, 2.05) is 0 Å². The maximum Gasteiger partial charge on any atom is 0.253 e. The minimum Gasteiger partial charge on any atom is -0.409 e. The smallest absolute Gasteiger partial charge is 0.253 e. The molecule has 0 aliphatic heterocycles. The summed E-state index contributed by atoms with van der Waals surface area (Å²) in [6.45, 7) is 1.69. The van der Waals surface area contributed by atoms with Crippen LogP contribution in [-0.4, -0.2) is 23.0 Å². The Morgan fingerprint density at radius 2 is 2.33 bits per heavy atom. The van der Waals surface area contributed by atoms with E-state index in [-0.39, 0.29) is 28.9 Å². The van der Waals surface area contributed by atoms with Gasteiger partial charge in [0.05, 0.1) is 10.6 Å². The number of nitrogens with zero attached hydrogens (tertiary/aromatic N) is 1. The number of carbonyl (C=O) groups is 1. The van der Waals surface area contributed by atoms with Crippen molar-refractivity contribution in [3.05, 3.63) is 34.6 Å². The predicted molar refractivity (Wildman–Crippen MR) is 66.4 cm³/mol. The van der Waals surface area contributed by atoms with Crippen LogP contribution in [0.2, 0.25) is 5.02 Å². The third-order valence-corrected chi connectivity index (χ3v) is 2.51. The van der Waals surface area contributed by atoms with Gasteiger partial charge in [0.25, 0.3) is 5.91 Å². The van der Waals surface area contributed by atoms with Crippen LogP contribution in [0.25, 0.3) is 0 Å². The highest BCUT2D eigenvalue weighted by Crippen LogP contribution is 2.17. The molecule has 1 aromatic rings. The van der Waals surface area contributed by atoms with Crippen molar-refractivity contribution in [2.45, 2.75) is 19.4 Å². The second-order valence-corrected chi connectivity index (χ2v) is 4.20. The largest absolute Gasteiger partial charge is 0.409 e. The number of amides is 1. The first-order valence-corrected chi connectivity index (χ1v) is 5.54. The molecular weight excluding hydrogens is 261 g/mol.